The van der Waals surface area contributed by atoms with Crippen molar-refractivity contribution in [3.05, 3.63) is 11.4 Å². The molecule has 102 valence electrons. The zero-order valence-corrected chi connectivity index (χ0v) is 11.8. The summed E-state index contributed by atoms with van der Waals surface area (Å²) in [6, 6.07) is 0. The van der Waals surface area contributed by atoms with Crippen molar-refractivity contribution in [3.63, 3.8) is 0 Å². The minimum atomic E-state index is -3.68. The van der Waals surface area contributed by atoms with Crippen LogP contribution in [0.2, 0.25) is 0 Å². The van der Waals surface area contributed by atoms with E-state index in [9.17, 15) is 8.42 Å². The van der Waals surface area contributed by atoms with Gasteiger partial charge in [0.15, 0.2) is 0 Å². The predicted octanol–water partition coefficient (Wildman–Crippen LogP) is 1.46. The molecule has 0 amide bonds. The van der Waals surface area contributed by atoms with Gasteiger partial charge in [0.1, 0.15) is 4.90 Å². The van der Waals surface area contributed by atoms with Gasteiger partial charge in [-0.05, 0) is 31.6 Å². The van der Waals surface area contributed by atoms with Crippen LogP contribution in [0.25, 0.3) is 0 Å². The molecule has 1 fully saturated rings. The van der Waals surface area contributed by atoms with E-state index in [0.29, 0.717) is 24.5 Å². The highest BCUT2D eigenvalue weighted by atomic mass is 32.2. The first-order chi connectivity index (χ1) is 8.47. The second-order valence-corrected chi connectivity index (χ2v) is 6.45. The Kier molecular flexibility index (Phi) is 3.77. The molecule has 0 unspecified atom stereocenters. The molecule has 1 aromatic rings. The molecule has 1 saturated carbocycles. The van der Waals surface area contributed by atoms with Gasteiger partial charge in [-0.3, -0.25) is 4.68 Å². The standard InChI is InChI=1S/C12H21N3O2S/c1-3-10-12(18(13,16)17)11(4-2)15(14-10)8-9-6-5-7-9/h9H,3-8H2,1-2H3,(H2,13,16,17). The van der Waals surface area contributed by atoms with Crippen molar-refractivity contribution in [2.24, 2.45) is 11.1 Å². The number of primary sulfonamides is 1. The number of rotatable bonds is 5. The molecular weight excluding hydrogens is 250 g/mol. The smallest absolute Gasteiger partial charge is 0.241 e. The van der Waals surface area contributed by atoms with Gasteiger partial charge in [-0.2, -0.15) is 5.10 Å². The minimum absolute atomic E-state index is 0.256. The summed E-state index contributed by atoms with van der Waals surface area (Å²) in [4.78, 5) is 0.256. The van der Waals surface area contributed by atoms with Crippen LogP contribution in [0.1, 0.15) is 44.5 Å². The first-order valence-electron chi connectivity index (χ1n) is 6.58. The Hall–Kier alpha value is -0.880. The fraction of sp³-hybridized carbons (Fsp3) is 0.750. The first-order valence-corrected chi connectivity index (χ1v) is 8.13. The maximum absolute atomic E-state index is 11.7. The van der Waals surface area contributed by atoms with E-state index in [-0.39, 0.29) is 4.90 Å². The molecule has 0 spiro atoms. The summed E-state index contributed by atoms with van der Waals surface area (Å²) in [5.74, 6) is 0.647. The van der Waals surface area contributed by atoms with Crippen LogP contribution in [0.3, 0.4) is 0 Å². The van der Waals surface area contributed by atoms with Crippen LogP contribution in [0.15, 0.2) is 4.90 Å². The predicted molar refractivity (Wildman–Crippen MR) is 69.7 cm³/mol. The molecule has 0 saturated heterocycles. The summed E-state index contributed by atoms with van der Waals surface area (Å²) in [6.07, 6.45) is 4.95. The molecule has 2 N–H and O–H groups in total. The molecule has 6 heteroatoms. The van der Waals surface area contributed by atoms with Crippen molar-refractivity contribution in [1.82, 2.24) is 9.78 Å². The van der Waals surface area contributed by atoms with Gasteiger partial charge in [0, 0.05) is 6.54 Å². The molecule has 1 aliphatic rings. The van der Waals surface area contributed by atoms with E-state index in [1.165, 1.54) is 19.3 Å². The molecule has 2 rings (SSSR count). The summed E-state index contributed by atoms with van der Waals surface area (Å²) in [5.41, 5.74) is 1.37. The van der Waals surface area contributed by atoms with E-state index >= 15 is 0 Å². The van der Waals surface area contributed by atoms with E-state index in [1.54, 1.807) is 0 Å². The molecule has 1 aliphatic carbocycles. The summed E-state index contributed by atoms with van der Waals surface area (Å²) in [7, 11) is -3.68. The normalized spacial score (nSPS) is 16.8. The van der Waals surface area contributed by atoms with E-state index < -0.39 is 10.0 Å². The highest BCUT2D eigenvalue weighted by molar-refractivity contribution is 7.89. The maximum atomic E-state index is 11.7. The quantitative estimate of drug-likeness (QED) is 0.880. The van der Waals surface area contributed by atoms with Crippen LogP contribution in [-0.4, -0.2) is 18.2 Å². The molecule has 1 heterocycles. The topological polar surface area (TPSA) is 78.0 Å². The minimum Gasteiger partial charge on any atom is -0.268 e. The summed E-state index contributed by atoms with van der Waals surface area (Å²) < 4.78 is 25.3. The molecular formula is C12H21N3O2S. The third-order valence-electron chi connectivity index (χ3n) is 3.69. The summed E-state index contributed by atoms with van der Waals surface area (Å²) in [5, 5.41) is 9.76. The molecule has 0 aromatic carbocycles. The zero-order valence-electron chi connectivity index (χ0n) is 11.0. The van der Waals surface area contributed by atoms with Gasteiger partial charge >= 0.3 is 0 Å². The Balaban J connectivity index is 2.43. The van der Waals surface area contributed by atoms with Gasteiger partial charge in [0.2, 0.25) is 10.0 Å². The molecule has 5 nitrogen and oxygen atoms in total. The van der Waals surface area contributed by atoms with Crippen molar-refractivity contribution in [3.8, 4) is 0 Å². The fourth-order valence-corrected chi connectivity index (χ4v) is 3.60. The number of nitrogens with two attached hydrogens (primary N) is 1. The zero-order chi connectivity index (χ0) is 13.3. The van der Waals surface area contributed by atoms with E-state index in [1.807, 2.05) is 18.5 Å². The molecule has 18 heavy (non-hydrogen) atoms. The van der Waals surface area contributed by atoms with E-state index in [2.05, 4.69) is 5.10 Å². The number of hydrogen-bond acceptors (Lipinski definition) is 3. The van der Waals surface area contributed by atoms with Crippen molar-refractivity contribution >= 4 is 10.0 Å². The lowest BCUT2D eigenvalue weighted by Crippen LogP contribution is -2.21. The monoisotopic (exact) mass is 271 g/mol. The van der Waals surface area contributed by atoms with Crippen LogP contribution in [0.5, 0.6) is 0 Å². The van der Waals surface area contributed by atoms with Crippen molar-refractivity contribution in [1.29, 1.82) is 0 Å². The van der Waals surface area contributed by atoms with Gasteiger partial charge in [0.05, 0.1) is 11.4 Å². The van der Waals surface area contributed by atoms with Gasteiger partial charge in [0.25, 0.3) is 0 Å². The Morgan fingerprint density at radius 1 is 1.33 bits per heavy atom. The Labute approximate surface area is 108 Å². The van der Waals surface area contributed by atoms with Crippen LogP contribution in [0.4, 0.5) is 0 Å². The van der Waals surface area contributed by atoms with Gasteiger partial charge < -0.3 is 0 Å². The molecule has 0 bridgehead atoms. The lowest BCUT2D eigenvalue weighted by atomic mass is 9.85. The largest absolute Gasteiger partial charge is 0.268 e. The second kappa shape index (κ2) is 5.01. The fourth-order valence-electron chi connectivity index (χ4n) is 2.51. The van der Waals surface area contributed by atoms with Gasteiger partial charge in [-0.1, -0.05) is 20.3 Å². The van der Waals surface area contributed by atoms with Crippen molar-refractivity contribution in [2.75, 3.05) is 0 Å². The van der Waals surface area contributed by atoms with E-state index in [4.69, 9.17) is 5.14 Å². The summed E-state index contributed by atoms with van der Waals surface area (Å²) >= 11 is 0. The Morgan fingerprint density at radius 3 is 2.39 bits per heavy atom. The average molecular weight is 271 g/mol. The number of aromatic nitrogens is 2. The number of aryl methyl sites for hydroxylation is 1. The van der Waals surface area contributed by atoms with Crippen LogP contribution < -0.4 is 5.14 Å². The van der Waals surface area contributed by atoms with Gasteiger partial charge in [-0.25, -0.2) is 13.6 Å². The van der Waals surface area contributed by atoms with Crippen LogP contribution in [0, 0.1) is 5.92 Å². The molecule has 1 aromatic heterocycles. The highest BCUT2D eigenvalue weighted by Gasteiger charge is 2.26. The molecule has 0 atom stereocenters. The van der Waals surface area contributed by atoms with Gasteiger partial charge in [-0.15, -0.1) is 0 Å². The lowest BCUT2D eigenvalue weighted by molar-refractivity contribution is 0.263. The maximum Gasteiger partial charge on any atom is 0.241 e. The number of hydrogen-bond donors (Lipinski definition) is 1. The Morgan fingerprint density at radius 2 is 2.00 bits per heavy atom. The van der Waals surface area contributed by atoms with Crippen LogP contribution >= 0.6 is 0 Å². The number of nitrogens with zero attached hydrogens (tertiary/aromatic N) is 2. The highest BCUT2D eigenvalue weighted by Crippen LogP contribution is 2.29. The number of sulfonamides is 1. The average Bonchev–Trinajstić information content (AvgIpc) is 2.60. The third-order valence-corrected chi connectivity index (χ3v) is 4.73. The molecule has 0 radical (unpaired) electrons. The second-order valence-electron chi connectivity index (χ2n) is 4.95. The summed E-state index contributed by atoms with van der Waals surface area (Å²) in [6.45, 7) is 4.68. The SMILES string of the molecule is CCc1nn(CC2CCC2)c(CC)c1S(N)(=O)=O. The van der Waals surface area contributed by atoms with Crippen molar-refractivity contribution < 1.29 is 8.42 Å². The van der Waals surface area contributed by atoms with Crippen molar-refractivity contribution in [2.45, 2.75) is 57.4 Å². The first kappa shape index (κ1) is 13.5. The molecule has 0 aliphatic heterocycles. The Bertz CT molecular complexity index is 530. The third kappa shape index (κ3) is 2.44. The van der Waals surface area contributed by atoms with Crippen LogP contribution in [-0.2, 0) is 29.4 Å². The van der Waals surface area contributed by atoms with E-state index in [0.717, 1.165) is 12.2 Å². The lowest BCUT2D eigenvalue weighted by Gasteiger charge is -2.25.